The fourth-order valence-corrected chi connectivity index (χ4v) is 1.40. The zero-order chi connectivity index (χ0) is 10.2. The minimum atomic E-state index is -0.174. The van der Waals surface area contributed by atoms with Crippen LogP contribution in [0.15, 0.2) is 11.8 Å². The van der Waals surface area contributed by atoms with Crippen LogP contribution < -0.4 is 0 Å². The van der Waals surface area contributed by atoms with E-state index in [1.54, 1.807) is 0 Å². The molecule has 0 atom stereocenters. The SMILES string of the molecule is CCOCCC(=O)OC1=CCCCC1. The molecule has 3 heteroatoms. The number of carbonyl (C=O) groups is 1. The van der Waals surface area contributed by atoms with Gasteiger partial charge in [0, 0.05) is 13.0 Å². The second-order valence-electron chi connectivity index (χ2n) is 3.34. The van der Waals surface area contributed by atoms with Crippen LogP contribution in [-0.4, -0.2) is 19.2 Å². The topological polar surface area (TPSA) is 35.5 Å². The molecule has 0 amide bonds. The molecule has 0 spiro atoms. The van der Waals surface area contributed by atoms with E-state index < -0.39 is 0 Å². The molecular weight excluding hydrogens is 180 g/mol. The summed E-state index contributed by atoms with van der Waals surface area (Å²) in [6.07, 6.45) is 6.65. The van der Waals surface area contributed by atoms with Crippen molar-refractivity contribution in [2.45, 2.75) is 39.0 Å². The molecule has 0 bridgehead atoms. The Balaban J connectivity index is 2.15. The Morgan fingerprint density at radius 2 is 2.36 bits per heavy atom. The van der Waals surface area contributed by atoms with E-state index in [2.05, 4.69) is 0 Å². The molecule has 14 heavy (non-hydrogen) atoms. The average molecular weight is 198 g/mol. The van der Waals surface area contributed by atoms with Gasteiger partial charge >= 0.3 is 5.97 Å². The summed E-state index contributed by atoms with van der Waals surface area (Å²) in [5.41, 5.74) is 0. The molecule has 0 unspecified atom stereocenters. The molecule has 0 heterocycles. The lowest BCUT2D eigenvalue weighted by Crippen LogP contribution is -2.09. The number of ether oxygens (including phenoxy) is 2. The summed E-state index contributed by atoms with van der Waals surface area (Å²) in [5, 5.41) is 0. The predicted octanol–water partition coefficient (Wildman–Crippen LogP) is 2.41. The zero-order valence-electron chi connectivity index (χ0n) is 8.75. The molecule has 0 N–H and O–H groups in total. The van der Waals surface area contributed by atoms with Gasteiger partial charge in [-0.15, -0.1) is 0 Å². The van der Waals surface area contributed by atoms with E-state index in [1.165, 1.54) is 6.42 Å². The van der Waals surface area contributed by atoms with Crippen LogP contribution in [0.25, 0.3) is 0 Å². The second-order valence-corrected chi connectivity index (χ2v) is 3.34. The van der Waals surface area contributed by atoms with Crippen LogP contribution in [0.4, 0.5) is 0 Å². The van der Waals surface area contributed by atoms with E-state index in [0.29, 0.717) is 19.6 Å². The van der Waals surface area contributed by atoms with Crippen molar-refractivity contribution in [3.63, 3.8) is 0 Å². The summed E-state index contributed by atoms with van der Waals surface area (Å²) in [6.45, 7) is 3.02. The molecule has 0 fully saturated rings. The highest BCUT2D eigenvalue weighted by atomic mass is 16.5. The molecular formula is C11H18O3. The van der Waals surface area contributed by atoms with Crippen LogP contribution in [0.5, 0.6) is 0 Å². The minimum Gasteiger partial charge on any atom is -0.431 e. The van der Waals surface area contributed by atoms with Gasteiger partial charge in [0.1, 0.15) is 5.76 Å². The third-order valence-electron chi connectivity index (χ3n) is 2.15. The Bertz CT molecular complexity index is 209. The number of esters is 1. The van der Waals surface area contributed by atoms with Gasteiger partial charge in [-0.05, 0) is 32.3 Å². The Morgan fingerprint density at radius 3 is 3.00 bits per heavy atom. The quantitative estimate of drug-likeness (QED) is 0.502. The summed E-state index contributed by atoms with van der Waals surface area (Å²) in [6, 6.07) is 0. The van der Waals surface area contributed by atoms with Crippen molar-refractivity contribution in [2.75, 3.05) is 13.2 Å². The summed E-state index contributed by atoms with van der Waals surface area (Å²) < 4.78 is 10.3. The summed E-state index contributed by atoms with van der Waals surface area (Å²) in [5.74, 6) is 0.671. The third kappa shape index (κ3) is 4.42. The van der Waals surface area contributed by atoms with Gasteiger partial charge in [0.15, 0.2) is 0 Å². The van der Waals surface area contributed by atoms with Crippen LogP contribution in [0.1, 0.15) is 39.0 Å². The molecule has 0 aromatic rings. The smallest absolute Gasteiger partial charge is 0.313 e. The highest BCUT2D eigenvalue weighted by Crippen LogP contribution is 2.18. The Kier molecular flexibility index (Phi) is 5.30. The van der Waals surface area contributed by atoms with E-state index in [1.807, 2.05) is 13.0 Å². The van der Waals surface area contributed by atoms with Gasteiger partial charge in [0.2, 0.25) is 0 Å². The van der Waals surface area contributed by atoms with Gasteiger partial charge in [0.25, 0.3) is 0 Å². The van der Waals surface area contributed by atoms with E-state index in [4.69, 9.17) is 9.47 Å². The number of rotatable bonds is 5. The van der Waals surface area contributed by atoms with Crippen molar-refractivity contribution in [1.82, 2.24) is 0 Å². The molecule has 0 saturated carbocycles. The molecule has 1 aliphatic rings. The van der Waals surface area contributed by atoms with Gasteiger partial charge in [-0.25, -0.2) is 0 Å². The zero-order valence-corrected chi connectivity index (χ0v) is 8.75. The number of carbonyl (C=O) groups excluding carboxylic acids is 1. The largest absolute Gasteiger partial charge is 0.431 e. The van der Waals surface area contributed by atoms with Gasteiger partial charge in [0.05, 0.1) is 13.0 Å². The molecule has 0 saturated heterocycles. The number of hydrogen-bond acceptors (Lipinski definition) is 3. The first kappa shape index (κ1) is 11.2. The standard InChI is InChI=1S/C11H18O3/c1-2-13-9-8-11(12)14-10-6-4-3-5-7-10/h6H,2-5,7-9H2,1H3. The van der Waals surface area contributed by atoms with Gasteiger partial charge in [-0.3, -0.25) is 4.79 Å². The summed E-state index contributed by atoms with van der Waals surface area (Å²) in [7, 11) is 0. The maximum atomic E-state index is 11.2. The Morgan fingerprint density at radius 1 is 1.50 bits per heavy atom. The maximum Gasteiger partial charge on any atom is 0.313 e. The van der Waals surface area contributed by atoms with Gasteiger partial charge < -0.3 is 9.47 Å². The summed E-state index contributed by atoms with van der Waals surface area (Å²) in [4.78, 5) is 11.2. The predicted molar refractivity (Wildman–Crippen MR) is 53.8 cm³/mol. The lowest BCUT2D eigenvalue weighted by Gasteiger charge is -2.12. The van der Waals surface area contributed by atoms with Crippen molar-refractivity contribution in [2.24, 2.45) is 0 Å². The van der Waals surface area contributed by atoms with Crippen molar-refractivity contribution in [1.29, 1.82) is 0 Å². The number of allylic oxidation sites excluding steroid dienone is 2. The third-order valence-corrected chi connectivity index (χ3v) is 2.15. The minimum absolute atomic E-state index is 0.174. The lowest BCUT2D eigenvalue weighted by atomic mass is 10.1. The molecule has 0 radical (unpaired) electrons. The average Bonchev–Trinajstić information content (AvgIpc) is 2.20. The van der Waals surface area contributed by atoms with Crippen LogP contribution >= 0.6 is 0 Å². The van der Waals surface area contributed by atoms with Crippen LogP contribution in [0, 0.1) is 0 Å². The molecule has 0 aromatic carbocycles. The van der Waals surface area contributed by atoms with Crippen LogP contribution in [0.2, 0.25) is 0 Å². The fraction of sp³-hybridized carbons (Fsp3) is 0.727. The van der Waals surface area contributed by atoms with E-state index >= 15 is 0 Å². The van der Waals surface area contributed by atoms with Crippen molar-refractivity contribution >= 4 is 5.97 Å². The lowest BCUT2D eigenvalue weighted by molar-refractivity contribution is -0.141. The van der Waals surface area contributed by atoms with Crippen molar-refractivity contribution in [3.8, 4) is 0 Å². The Hall–Kier alpha value is -0.830. The van der Waals surface area contributed by atoms with Crippen molar-refractivity contribution in [3.05, 3.63) is 11.8 Å². The van der Waals surface area contributed by atoms with E-state index in [9.17, 15) is 4.79 Å². The first-order chi connectivity index (χ1) is 6.83. The maximum absolute atomic E-state index is 11.2. The second kappa shape index (κ2) is 6.60. The van der Waals surface area contributed by atoms with Crippen LogP contribution in [0.3, 0.4) is 0 Å². The van der Waals surface area contributed by atoms with Crippen LogP contribution in [-0.2, 0) is 14.3 Å². The normalized spacial score (nSPS) is 16.2. The molecule has 0 aromatic heterocycles. The summed E-state index contributed by atoms with van der Waals surface area (Å²) >= 11 is 0. The van der Waals surface area contributed by atoms with Gasteiger partial charge in [-0.1, -0.05) is 0 Å². The molecule has 0 aliphatic heterocycles. The van der Waals surface area contributed by atoms with E-state index in [0.717, 1.165) is 25.0 Å². The molecule has 80 valence electrons. The highest BCUT2D eigenvalue weighted by molar-refractivity contribution is 5.70. The molecule has 1 aliphatic carbocycles. The Labute approximate surface area is 85.1 Å². The van der Waals surface area contributed by atoms with Crippen molar-refractivity contribution < 1.29 is 14.3 Å². The van der Waals surface area contributed by atoms with Gasteiger partial charge in [-0.2, -0.15) is 0 Å². The molecule has 3 nitrogen and oxygen atoms in total. The van der Waals surface area contributed by atoms with E-state index in [-0.39, 0.29) is 5.97 Å². The monoisotopic (exact) mass is 198 g/mol. The number of hydrogen-bond donors (Lipinski definition) is 0. The first-order valence-electron chi connectivity index (χ1n) is 5.30. The first-order valence-corrected chi connectivity index (χ1v) is 5.30. The highest BCUT2D eigenvalue weighted by Gasteiger charge is 2.09. The fourth-order valence-electron chi connectivity index (χ4n) is 1.40. The molecule has 1 rings (SSSR count).